The van der Waals surface area contributed by atoms with Gasteiger partial charge in [-0.1, -0.05) is 0 Å². The molecule has 0 radical (unpaired) electrons. The Morgan fingerprint density at radius 3 is 2.00 bits per heavy atom. The van der Waals surface area contributed by atoms with Crippen molar-refractivity contribution in [3.05, 3.63) is 0 Å². The smallest absolute Gasteiger partial charge is 0.0320 e. The number of likely N-dealkylation sites (N-methyl/N-ethyl adjacent to an activating group) is 1. The van der Waals surface area contributed by atoms with Gasteiger partial charge in [-0.25, -0.2) is 0 Å². The van der Waals surface area contributed by atoms with Gasteiger partial charge in [-0.05, 0) is 20.9 Å². The molecule has 0 aliphatic carbocycles. The third-order valence-electron chi connectivity index (χ3n) is 2.05. The van der Waals surface area contributed by atoms with Gasteiger partial charge < -0.3 is 5.32 Å². The van der Waals surface area contributed by atoms with E-state index < -0.39 is 0 Å². The minimum Gasteiger partial charge on any atom is -0.315 e. The number of nitrogens with zero attached hydrogens (tertiary/aromatic N) is 1. The molecule has 4 heteroatoms. The van der Waals surface area contributed by atoms with Crippen LogP contribution in [0, 0.1) is 0 Å². The lowest BCUT2D eigenvalue weighted by atomic mass is 10.1. The van der Waals surface area contributed by atoms with Gasteiger partial charge >= 0.3 is 0 Å². The molecule has 1 fully saturated rings. The van der Waals surface area contributed by atoms with Crippen molar-refractivity contribution in [2.24, 2.45) is 0 Å². The summed E-state index contributed by atoms with van der Waals surface area (Å²) in [5.41, 5.74) is 0. The first-order valence-corrected chi connectivity index (χ1v) is 3.65. The summed E-state index contributed by atoms with van der Waals surface area (Å²) in [4.78, 5) is 2.46. The van der Waals surface area contributed by atoms with E-state index in [1.54, 1.807) is 0 Å². The zero-order valence-electron chi connectivity index (χ0n) is 7.33. The predicted molar refractivity (Wildman–Crippen MR) is 54.1 cm³/mol. The molecule has 0 bridgehead atoms. The molecule has 0 aromatic rings. The Morgan fingerprint density at radius 1 is 1.27 bits per heavy atom. The molecule has 70 valence electrons. The summed E-state index contributed by atoms with van der Waals surface area (Å²) < 4.78 is 0. The molecule has 0 spiro atoms. The van der Waals surface area contributed by atoms with Crippen LogP contribution in [0.1, 0.15) is 13.8 Å². The van der Waals surface area contributed by atoms with Gasteiger partial charge in [-0.15, -0.1) is 24.8 Å². The van der Waals surface area contributed by atoms with Crippen LogP contribution in [0.5, 0.6) is 0 Å². The van der Waals surface area contributed by atoms with Crippen LogP contribution in [0.25, 0.3) is 0 Å². The van der Waals surface area contributed by atoms with Crippen molar-refractivity contribution < 1.29 is 0 Å². The van der Waals surface area contributed by atoms with Gasteiger partial charge in [0.2, 0.25) is 0 Å². The van der Waals surface area contributed by atoms with Gasteiger partial charge in [-0.2, -0.15) is 0 Å². The highest BCUT2D eigenvalue weighted by atomic mass is 35.5. The molecule has 11 heavy (non-hydrogen) atoms. The third kappa shape index (κ3) is 3.61. The lowest BCUT2D eigenvalue weighted by molar-refractivity contribution is 0.0966. The number of nitrogens with one attached hydrogen (secondary N) is 1. The topological polar surface area (TPSA) is 15.3 Å². The van der Waals surface area contributed by atoms with Crippen molar-refractivity contribution >= 4 is 24.8 Å². The van der Waals surface area contributed by atoms with Crippen LogP contribution < -0.4 is 5.32 Å². The molecule has 1 saturated heterocycles. The zero-order chi connectivity index (χ0) is 6.85. The molecular formula is C7H18Cl2N2. The summed E-state index contributed by atoms with van der Waals surface area (Å²) in [7, 11) is 2.03. The Morgan fingerprint density at radius 2 is 1.73 bits per heavy atom. The van der Waals surface area contributed by atoms with Gasteiger partial charge in [-0.3, -0.25) is 4.90 Å². The Balaban J connectivity index is 0. The molecule has 0 amide bonds. The normalized spacial score (nSPS) is 18.5. The highest BCUT2D eigenvalue weighted by molar-refractivity contribution is 5.85. The Labute approximate surface area is 81.5 Å². The van der Waals surface area contributed by atoms with Crippen molar-refractivity contribution in [3.8, 4) is 0 Å². The second kappa shape index (κ2) is 6.06. The average Bonchev–Trinajstić information content (AvgIpc) is 1.61. The van der Waals surface area contributed by atoms with E-state index in [9.17, 15) is 0 Å². The second-order valence-electron chi connectivity index (χ2n) is 3.03. The lowest BCUT2D eigenvalue weighted by Crippen LogP contribution is -2.59. The average molecular weight is 201 g/mol. The van der Waals surface area contributed by atoms with E-state index in [1.807, 2.05) is 7.05 Å². The summed E-state index contributed by atoms with van der Waals surface area (Å²) in [6.45, 7) is 6.94. The summed E-state index contributed by atoms with van der Waals surface area (Å²) in [6, 6.07) is 1.49. The molecule has 1 aliphatic heterocycles. The molecular weight excluding hydrogens is 183 g/mol. The van der Waals surface area contributed by atoms with Gasteiger partial charge in [0.25, 0.3) is 0 Å². The van der Waals surface area contributed by atoms with Crippen molar-refractivity contribution in [2.45, 2.75) is 25.9 Å². The van der Waals surface area contributed by atoms with Crippen molar-refractivity contribution in [3.63, 3.8) is 0 Å². The van der Waals surface area contributed by atoms with E-state index in [-0.39, 0.29) is 24.8 Å². The molecule has 0 aromatic carbocycles. The van der Waals surface area contributed by atoms with Gasteiger partial charge in [0.05, 0.1) is 0 Å². The van der Waals surface area contributed by atoms with Gasteiger partial charge in [0, 0.05) is 25.2 Å². The molecule has 0 atom stereocenters. The van der Waals surface area contributed by atoms with Crippen molar-refractivity contribution in [2.75, 3.05) is 20.1 Å². The molecule has 1 rings (SSSR count). The maximum absolute atomic E-state index is 3.24. The first-order valence-electron chi connectivity index (χ1n) is 3.65. The van der Waals surface area contributed by atoms with Crippen LogP contribution in [0.3, 0.4) is 0 Å². The van der Waals surface area contributed by atoms with E-state index in [0.29, 0.717) is 0 Å². The van der Waals surface area contributed by atoms with Crippen LogP contribution in [0.2, 0.25) is 0 Å². The molecule has 1 heterocycles. The highest BCUT2D eigenvalue weighted by Gasteiger charge is 2.26. The fraction of sp³-hybridized carbons (Fsp3) is 1.00. The van der Waals surface area contributed by atoms with Crippen LogP contribution in [-0.4, -0.2) is 37.1 Å². The van der Waals surface area contributed by atoms with E-state index in [4.69, 9.17) is 0 Å². The van der Waals surface area contributed by atoms with Crippen molar-refractivity contribution in [1.29, 1.82) is 0 Å². The van der Waals surface area contributed by atoms with E-state index >= 15 is 0 Å². The Hall–Kier alpha value is 0.500. The summed E-state index contributed by atoms with van der Waals surface area (Å²) in [5.74, 6) is 0. The first-order chi connectivity index (χ1) is 4.24. The Bertz CT molecular complexity index is 92.4. The minimum absolute atomic E-state index is 0. The number of rotatable bonds is 2. The molecule has 1 N–H and O–H groups in total. The lowest BCUT2D eigenvalue weighted by Gasteiger charge is -2.41. The van der Waals surface area contributed by atoms with Gasteiger partial charge in [0.15, 0.2) is 0 Å². The van der Waals surface area contributed by atoms with Crippen molar-refractivity contribution in [1.82, 2.24) is 10.2 Å². The molecule has 2 nitrogen and oxygen atoms in total. The molecule has 0 aromatic heterocycles. The first kappa shape index (κ1) is 14.0. The van der Waals surface area contributed by atoms with Crippen LogP contribution >= 0.6 is 24.8 Å². The predicted octanol–water partition coefficient (Wildman–Crippen LogP) is 1.14. The quantitative estimate of drug-likeness (QED) is 0.720. The summed E-state index contributed by atoms with van der Waals surface area (Å²) in [5, 5.41) is 3.24. The standard InChI is InChI=1S/C7H16N2.2ClH/c1-6(2)9-4-7(5-9)8-3;;/h6-8H,4-5H2,1-3H3;2*1H. The van der Waals surface area contributed by atoms with Gasteiger partial charge in [0.1, 0.15) is 0 Å². The fourth-order valence-electron chi connectivity index (χ4n) is 1.12. The van der Waals surface area contributed by atoms with Crippen LogP contribution in [0.15, 0.2) is 0 Å². The monoisotopic (exact) mass is 200 g/mol. The molecule has 0 unspecified atom stereocenters. The Kier molecular flexibility index (Phi) is 7.75. The fourth-order valence-corrected chi connectivity index (χ4v) is 1.12. The van der Waals surface area contributed by atoms with E-state index in [2.05, 4.69) is 24.1 Å². The largest absolute Gasteiger partial charge is 0.315 e. The third-order valence-corrected chi connectivity index (χ3v) is 2.05. The maximum Gasteiger partial charge on any atom is 0.0320 e. The molecule has 1 aliphatic rings. The van der Waals surface area contributed by atoms with E-state index in [0.717, 1.165) is 12.1 Å². The molecule has 0 saturated carbocycles. The van der Waals surface area contributed by atoms with Crippen LogP contribution in [0.4, 0.5) is 0 Å². The van der Waals surface area contributed by atoms with E-state index in [1.165, 1.54) is 13.1 Å². The second-order valence-corrected chi connectivity index (χ2v) is 3.03. The maximum atomic E-state index is 3.24. The van der Waals surface area contributed by atoms with Crippen LogP contribution in [-0.2, 0) is 0 Å². The number of likely N-dealkylation sites (tertiary alicyclic amines) is 1. The summed E-state index contributed by atoms with van der Waals surface area (Å²) >= 11 is 0. The number of hydrogen-bond donors (Lipinski definition) is 1. The summed E-state index contributed by atoms with van der Waals surface area (Å²) in [6.07, 6.45) is 0. The number of hydrogen-bond acceptors (Lipinski definition) is 2. The SMILES string of the molecule is CNC1CN(C(C)C)C1.Cl.Cl. The number of halogens is 2. The zero-order valence-corrected chi connectivity index (χ0v) is 8.97. The highest BCUT2D eigenvalue weighted by Crippen LogP contribution is 2.10. The minimum atomic E-state index is 0.